The molecule has 54 heavy (non-hydrogen) atoms. The first-order valence-corrected chi connectivity index (χ1v) is 18.5. The number of methoxy groups -OCH3 is 1. The van der Waals surface area contributed by atoms with Crippen LogP contribution in [0.5, 0.6) is 0 Å². The van der Waals surface area contributed by atoms with Crippen molar-refractivity contribution in [3.8, 4) is 11.1 Å². The predicted octanol–water partition coefficient (Wildman–Crippen LogP) is 12.4. The molecule has 1 N–H and O–H groups in total. The zero-order valence-electron chi connectivity index (χ0n) is 31.7. The van der Waals surface area contributed by atoms with Gasteiger partial charge < -0.3 is 19.6 Å². The van der Waals surface area contributed by atoms with E-state index in [2.05, 4.69) is 176 Å². The number of hydrogen-bond acceptors (Lipinski definition) is 5. The molecule has 0 amide bonds. The van der Waals surface area contributed by atoms with E-state index in [1.54, 1.807) is 6.92 Å². The van der Waals surface area contributed by atoms with Gasteiger partial charge in [0, 0.05) is 34.1 Å². The molecule has 274 valence electrons. The lowest BCUT2D eigenvalue weighted by molar-refractivity contribution is -0.156. The lowest BCUT2D eigenvalue weighted by Gasteiger charge is -2.29. The topological polar surface area (TPSA) is 70.1 Å². The number of esters is 1. The molecule has 0 saturated carbocycles. The van der Waals surface area contributed by atoms with Gasteiger partial charge in [0.2, 0.25) is 0 Å². The smallest absolute Gasteiger partial charge is 0.309 e. The maximum Gasteiger partial charge on any atom is 0.309 e. The zero-order valence-corrected chi connectivity index (χ0v) is 31.7. The summed E-state index contributed by atoms with van der Waals surface area (Å²) in [5, 5.41) is 10.1. The van der Waals surface area contributed by atoms with Gasteiger partial charge in [-0.1, -0.05) is 85.8 Å². The molecule has 0 radical (unpaired) electrons. The van der Waals surface area contributed by atoms with E-state index in [0.717, 1.165) is 62.8 Å². The lowest BCUT2D eigenvalue weighted by Crippen LogP contribution is -2.32. The summed E-state index contributed by atoms with van der Waals surface area (Å²) in [5.41, 5.74) is 10.8. The number of anilines is 6. The van der Waals surface area contributed by atoms with Gasteiger partial charge in [-0.15, -0.1) is 0 Å². The Balaban J connectivity index is 1.28. The molecule has 0 saturated heterocycles. The van der Waals surface area contributed by atoms with Gasteiger partial charge in [0.1, 0.15) is 0 Å². The van der Waals surface area contributed by atoms with Gasteiger partial charge in [-0.25, -0.2) is 0 Å². The van der Waals surface area contributed by atoms with Crippen LogP contribution in [0, 0.1) is 19.3 Å². The van der Waals surface area contributed by atoms with E-state index in [4.69, 9.17) is 4.74 Å². The Bertz CT molecular complexity index is 2180. The van der Waals surface area contributed by atoms with Gasteiger partial charge in [0.15, 0.2) is 0 Å². The van der Waals surface area contributed by atoms with Crippen LogP contribution in [0.2, 0.25) is 0 Å². The minimum Gasteiger partial charge on any atom is -0.481 e. The molecule has 0 aliphatic carbocycles. The van der Waals surface area contributed by atoms with Crippen molar-refractivity contribution in [1.29, 1.82) is 0 Å². The van der Waals surface area contributed by atoms with E-state index in [1.165, 1.54) is 12.7 Å². The number of aryl methyl sites for hydroxylation is 2. The van der Waals surface area contributed by atoms with Crippen LogP contribution in [0.15, 0.2) is 152 Å². The fraction of sp³-hybridized carbons (Fsp3) is 0.208. The van der Waals surface area contributed by atoms with Crippen molar-refractivity contribution < 1.29 is 19.4 Å². The molecule has 0 aliphatic heterocycles. The second-order valence-corrected chi connectivity index (χ2v) is 14.3. The first-order chi connectivity index (χ1) is 26.1. The number of benzene rings is 6. The molecule has 0 spiro atoms. The molecular formula is C48H48N2O4. The third-order valence-corrected chi connectivity index (χ3v) is 10.2. The molecule has 0 heterocycles. The van der Waals surface area contributed by atoms with Crippen LogP contribution in [0.25, 0.3) is 11.1 Å². The molecular weight excluding hydrogens is 669 g/mol. The summed E-state index contributed by atoms with van der Waals surface area (Å²) in [5.74, 6) is -1.56. The third kappa shape index (κ3) is 8.56. The molecule has 6 heteroatoms. The Morgan fingerprint density at radius 1 is 0.611 bits per heavy atom. The Hall–Kier alpha value is -6.14. The number of rotatable bonds is 14. The number of aliphatic carboxylic acids is 1. The number of carbonyl (C=O) groups excluding carboxylic acids is 1. The molecule has 0 aliphatic rings. The number of carboxylic acids is 1. The van der Waals surface area contributed by atoms with Gasteiger partial charge in [-0.05, 0) is 140 Å². The number of ether oxygens (including phenoxy) is 1. The van der Waals surface area contributed by atoms with Gasteiger partial charge in [0.05, 0.1) is 18.9 Å². The molecule has 6 nitrogen and oxygen atoms in total. The molecule has 6 aromatic rings. The largest absolute Gasteiger partial charge is 0.481 e. The minimum absolute atomic E-state index is 0.0421. The highest BCUT2D eigenvalue weighted by molar-refractivity contribution is 5.83. The fourth-order valence-electron chi connectivity index (χ4n) is 7.17. The highest BCUT2D eigenvalue weighted by atomic mass is 16.5. The van der Waals surface area contributed by atoms with Crippen LogP contribution >= 0.6 is 0 Å². The van der Waals surface area contributed by atoms with Gasteiger partial charge >= 0.3 is 11.9 Å². The Labute approximate surface area is 319 Å². The molecule has 2 atom stereocenters. The van der Waals surface area contributed by atoms with Gasteiger partial charge in [0.25, 0.3) is 0 Å². The van der Waals surface area contributed by atoms with E-state index < -0.39 is 17.4 Å². The first kappa shape index (κ1) is 37.6. The normalized spacial score (nSPS) is 12.7. The average Bonchev–Trinajstić information content (AvgIpc) is 3.18. The minimum atomic E-state index is -1.23. The highest BCUT2D eigenvalue weighted by Gasteiger charge is 2.38. The van der Waals surface area contributed by atoms with Crippen LogP contribution < -0.4 is 9.80 Å². The molecule has 0 fully saturated rings. The summed E-state index contributed by atoms with van der Waals surface area (Å²) in [6, 6.07) is 53.2. The van der Waals surface area contributed by atoms with Crippen molar-refractivity contribution >= 4 is 46.1 Å². The molecule has 0 bridgehead atoms. The van der Waals surface area contributed by atoms with E-state index >= 15 is 0 Å². The summed E-state index contributed by atoms with van der Waals surface area (Å²) in [7, 11) is 1.29. The zero-order chi connectivity index (χ0) is 38.2. The summed E-state index contributed by atoms with van der Waals surface area (Å²) in [6.07, 6.45) is 0.894. The van der Waals surface area contributed by atoms with Crippen molar-refractivity contribution in [3.63, 3.8) is 0 Å². The van der Waals surface area contributed by atoms with Crippen molar-refractivity contribution in [2.45, 2.75) is 52.9 Å². The highest BCUT2D eigenvalue weighted by Crippen LogP contribution is 2.41. The quantitative estimate of drug-likeness (QED) is 0.113. The molecule has 6 aromatic carbocycles. The lowest BCUT2D eigenvalue weighted by atomic mass is 9.75. The maximum absolute atomic E-state index is 12.3. The number of carboxylic acid groups (broad SMARTS) is 1. The predicted molar refractivity (Wildman–Crippen MR) is 221 cm³/mol. The third-order valence-electron chi connectivity index (χ3n) is 10.2. The van der Waals surface area contributed by atoms with Crippen molar-refractivity contribution in [2.75, 3.05) is 16.9 Å². The SMILES string of the molecule is CCC(CC(C)(CC(=O)OC)C(=O)O)c1ccc(N(c2ccc(-c3ccc(N(c4ccccc4)c4cccc(C)c4)cc3)cc2)c2cccc(C)c2)cc1. The Kier molecular flexibility index (Phi) is 11.6. The Morgan fingerprint density at radius 2 is 1.04 bits per heavy atom. The van der Waals surface area contributed by atoms with E-state index in [-0.39, 0.29) is 12.3 Å². The number of nitrogens with zero attached hydrogens (tertiary/aromatic N) is 2. The van der Waals surface area contributed by atoms with Crippen LogP contribution in [-0.2, 0) is 14.3 Å². The average molecular weight is 717 g/mol. The first-order valence-electron chi connectivity index (χ1n) is 18.5. The number of para-hydroxylation sites is 1. The van der Waals surface area contributed by atoms with Crippen LogP contribution in [0.4, 0.5) is 34.1 Å². The van der Waals surface area contributed by atoms with Crippen molar-refractivity contribution in [3.05, 3.63) is 168 Å². The molecule has 6 rings (SSSR count). The fourth-order valence-corrected chi connectivity index (χ4v) is 7.17. The van der Waals surface area contributed by atoms with Gasteiger partial charge in [-0.2, -0.15) is 0 Å². The van der Waals surface area contributed by atoms with E-state index in [9.17, 15) is 14.7 Å². The monoisotopic (exact) mass is 716 g/mol. The number of hydrogen-bond donors (Lipinski definition) is 1. The second-order valence-electron chi connectivity index (χ2n) is 14.3. The molecule has 0 aromatic heterocycles. The van der Waals surface area contributed by atoms with Gasteiger partial charge in [-0.3, -0.25) is 9.59 Å². The standard InChI is InChI=1S/C48H48N2O4/c1-6-36(32-48(4,47(52)53)33-46(51)54-5)37-18-24-42(25-19-37)50(45-17-11-13-35(3)31-45)43-28-22-39(23-29-43)38-20-26-41(27-21-38)49(40-14-8-7-9-15-40)44-16-10-12-34(2)30-44/h7-31,36H,6,32-33H2,1-5H3,(H,52,53). The van der Waals surface area contributed by atoms with Crippen molar-refractivity contribution in [1.82, 2.24) is 0 Å². The second kappa shape index (κ2) is 16.7. The summed E-state index contributed by atoms with van der Waals surface area (Å²) >= 11 is 0. The van der Waals surface area contributed by atoms with Crippen molar-refractivity contribution in [2.24, 2.45) is 5.41 Å². The maximum atomic E-state index is 12.3. The summed E-state index contributed by atoms with van der Waals surface area (Å²) in [4.78, 5) is 28.9. The summed E-state index contributed by atoms with van der Waals surface area (Å²) in [6.45, 7) is 7.89. The number of carbonyl (C=O) groups is 2. The Morgan fingerprint density at radius 3 is 1.44 bits per heavy atom. The van der Waals surface area contributed by atoms with E-state index in [1.807, 2.05) is 6.07 Å². The van der Waals surface area contributed by atoms with Crippen LogP contribution in [0.1, 0.15) is 55.7 Å². The molecule has 2 unspecified atom stereocenters. The van der Waals surface area contributed by atoms with E-state index in [0.29, 0.717) is 6.42 Å². The van der Waals surface area contributed by atoms with Crippen LogP contribution in [0.3, 0.4) is 0 Å². The summed E-state index contributed by atoms with van der Waals surface area (Å²) < 4.78 is 4.82. The van der Waals surface area contributed by atoms with Crippen LogP contribution in [-0.4, -0.2) is 24.2 Å².